The number of fused-ring (bicyclic) bond motifs is 1. The third kappa shape index (κ3) is 7.22. The number of aliphatic carboxylic acids is 1. The van der Waals surface area contributed by atoms with Crippen LogP contribution in [0, 0.1) is 0 Å². The van der Waals surface area contributed by atoms with Gasteiger partial charge in [-0.25, -0.2) is 4.79 Å². The molecule has 1 saturated carbocycles. The van der Waals surface area contributed by atoms with Gasteiger partial charge in [-0.05, 0) is 25.0 Å². The largest absolute Gasteiger partial charge is 0.490 e. The number of carboxylic acids is 1. The molecule has 11 heteroatoms. The molecule has 1 aromatic rings. The second kappa shape index (κ2) is 11.0. The first-order chi connectivity index (χ1) is 14.5. The number of furan rings is 1. The van der Waals surface area contributed by atoms with Crippen molar-refractivity contribution in [3.8, 4) is 0 Å². The average molecular weight is 450 g/mol. The highest BCUT2D eigenvalue weighted by molar-refractivity contribution is 5.76. The highest BCUT2D eigenvalue weighted by atomic mass is 19.4. The molecule has 176 valence electrons. The van der Waals surface area contributed by atoms with Crippen molar-refractivity contribution in [1.82, 2.24) is 9.80 Å². The number of nitrogens with zero attached hydrogens (tertiary/aromatic N) is 2. The van der Waals surface area contributed by atoms with Gasteiger partial charge in [-0.15, -0.1) is 0 Å². The van der Waals surface area contributed by atoms with Crippen LogP contribution in [-0.2, 0) is 32.0 Å². The number of amides is 1. The number of alkyl halides is 3. The van der Waals surface area contributed by atoms with Gasteiger partial charge in [0.25, 0.3) is 0 Å². The number of ether oxygens (including phenoxy) is 2. The number of carbonyl (C=O) groups is 2. The van der Waals surface area contributed by atoms with Crippen LogP contribution in [0.25, 0.3) is 0 Å². The summed E-state index contributed by atoms with van der Waals surface area (Å²) in [7, 11) is 3.49. The second-order valence-electron chi connectivity index (χ2n) is 7.61. The maximum Gasteiger partial charge on any atom is 0.490 e. The van der Waals surface area contributed by atoms with Gasteiger partial charge in [0.1, 0.15) is 18.1 Å². The fourth-order valence-electron chi connectivity index (χ4n) is 3.57. The molecule has 0 spiro atoms. The zero-order chi connectivity index (χ0) is 23.2. The van der Waals surface area contributed by atoms with Crippen molar-refractivity contribution in [1.29, 1.82) is 0 Å². The number of carbonyl (C=O) groups excluding carboxylic acids is 1. The van der Waals surface area contributed by atoms with E-state index in [9.17, 15) is 18.0 Å². The van der Waals surface area contributed by atoms with Gasteiger partial charge in [-0.3, -0.25) is 9.69 Å². The first-order valence-corrected chi connectivity index (χ1v) is 10.1. The summed E-state index contributed by atoms with van der Waals surface area (Å²) in [5.74, 6) is -0.717. The summed E-state index contributed by atoms with van der Waals surface area (Å²) >= 11 is 0. The number of hydrogen-bond donors (Lipinski definition) is 1. The van der Waals surface area contributed by atoms with E-state index in [4.69, 9.17) is 23.8 Å². The Kier molecular flexibility index (Phi) is 8.90. The van der Waals surface area contributed by atoms with Gasteiger partial charge in [0.05, 0.1) is 25.4 Å². The molecule has 1 aliphatic heterocycles. The van der Waals surface area contributed by atoms with Crippen LogP contribution in [0.3, 0.4) is 0 Å². The zero-order valence-corrected chi connectivity index (χ0v) is 17.9. The van der Waals surface area contributed by atoms with E-state index < -0.39 is 12.1 Å². The molecule has 1 saturated heterocycles. The molecular weight excluding hydrogens is 421 g/mol. The van der Waals surface area contributed by atoms with Crippen molar-refractivity contribution in [3.05, 3.63) is 23.7 Å². The highest BCUT2D eigenvalue weighted by Gasteiger charge is 2.43. The summed E-state index contributed by atoms with van der Waals surface area (Å²) in [6.45, 7) is 4.65. The molecule has 0 bridgehead atoms. The summed E-state index contributed by atoms with van der Waals surface area (Å²) in [5.41, 5.74) is 0. The molecule has 3 atom stereocenters. The van der Waals surface area contributed by atoms with Crippen molar-refractivity contribution in [2.24, 2.45) is 0 Å². The van der Waals surface area contributed by atoms with E-state index in [1.807, 2.05) is 0 Å². The van der Waals surface area contributed by atoms with Crippen molar-refractivity contribution in [3.63, 3.8) is 0 Å². The van der Waals surface area contributed by atoms with Gasteiger partial charge in [0.15, 0.2) is 0 Å². The topological polar surface area (TPSA) is 92.5 Å². The lowest BCUT2D eigenvalue weighted by atomic mass is 10.1. The lowest BCUT2D eigenvalue weighted by Gasteiger charge is -2.38. The molecule has 1 aromatic heterocycles. The number of carboxylic acid groups (broad SMARTS) is 1. The van der Waals surface area contributed by atoms with Gasteiger partial charge in [0, 0.05) is 33.1 Å². The SMILES string of the molecule is CCc1ccc(CN2CCO[C@H]3[C@H](OCC(=O)N(C)C)CC[C@@H]32)o1.O=C(O)C(F)(F)F. The van der Waals surface area contributed by atoms with E-state index in [0.717, 1.165) is 43.9 Å². The highest BCUT2D eigenvalue weighted by Crippen LogP contribution is 2.33. The fraction of sp³-hybridized carbons (Fsp3) is 0.700. The molecule has 8 nitrogen and oxygen atoms in total. The number of hydrogen-bond acceptors (Lipinski definition) is 6. The maximum absolute atomic E-state index is 11.7. The third-order valence-electron chi connectivity index (χ3n) is 5.24. The van der Waals surface area contributed by atoms with E-state index in [-0.39, 0.29) is 24.7 Å². The van der Waals surface area contributed by atoms with Crippen LogP contribution in [0.2, 0.25) is 0 Å². The Morgan fingerprint density at radius 3 is 2.45 bits per heavy atom. The zero-order valence-electron chi connectivity index (χ0n) is 17.9. The molecule has 3 rings (SSSR count). The average Bonchev–Trinajstić information content (AvgIpc) is 3.33. The van der Waals surface area contributed by atoms with Crippen molar-refractivity contribution < 1.29 is 41.8 Å². The third-order valence-corrected chi connectivity index (χ3v) is 5.24. The van der Waals surface area contributed by atoms with E-state index in [0.29, 0.717) is 12.6 Å². The monoisotopic (exact) mass is 450 g/mol. The fourth-order valence-corrected chi connectivity index (χ4v) is 3.57. The summed E-state index contributed by atoms with van der Waals surface area (Å²) in [4.78, 5) is 24.6. The lowest BCUT2D eigenvalue weighted by Crippen LogP contribution is -2.51. The Bertz CT molecular complexity index is 737. The minimum Gasteiger partial charge on any atom is -0.475 e. The molecule has 1 aliphatic carbocycles. The summed E-state index contributed by atoms with van der Waals surface area (Å²) in [5, 5.41) is 7.12. The Balaban J connectivity index is 0.000000423. The first kappa shape index (κ1) is 25.2. The van der Waals surface area contributed by atoms with Crippen LogP contribution in [-0.4, -0.2) is 85.1 Å². The van der Waals surface area contributed by atoms with E-state index in [2.05, 4.69) is 24.0 Å². The Labute approximate surface area is 178 Å². The second-order valence-corrected chi connectivity index (χ2v) is 7.61. The minimum absolute atomic E-state index is 0.00417. The lowest BCUT2D eigenvalue weighted by molar-refractivity contribution is -0.192. The van der Waals surface area contributed by atoms with Crippen LogP contribution >= 0.6 is 0 Å². The number of rotatable bonds is 6. The van der Waals surface area contributed by atoms with Gasteiger partial charge >= 0.3 is 12.1 Å². The van der Waals surface area contributed by atoms with Crippen molar-refractivity contribution in [2.45, 2.75) is 57.2 Å². The number of halogens is 3. The summed E-state index contributed by atoms with van der Waals surface area (Å²) in [6, 6.07) is 4.47. The summed E-state index contributed by atoms with van der Waals surface area (Å²) < 4.78 is 49.4. The van der Waals surface area contributed by atoms with Crippen LogP contribution in [0.4, 0.5) is 13.2 Å². The van der Waals surface area contributed by atoms with Crippen LogP contribution in [0.5, 0.6) is 0 Å². The maximum atomic E-state index is 11.7. The molecule has 0 unspecified atom stereocenters. The van der Waals surface area contributed by atoms with Crippen LogP contribution in [0.1, 0.15) is 31.3 Å². The molecular formula is C20H29F3N2O6. The molecule has 0 aromatic carbocycles. The smallest absolute Gasteiger partial charge is 0.475 e. The predicted molar refractivity (Wildman–Crippen MR) is 103 cm³/mol. The molecule has 2 aliphatic rings. The van der Waals surface area contributed by atoms with E-state index in [1.54, 1.807) is 19.0 Å². The Morgan fingerprint density at radius 2 is 1.90 bits per heavy atom. The molecule has 1 amide bonds. The molecule has 31 heavy (non-hydrogen) atoms. The Hall–Kier alpha value is -2.11. The van der Waals surface area contributed by atoms with Gasteiger partial charge in [0.2, 0.25) is 5.91 Å². The van der Waals surface area contributed by atoms with Gasteiger partial charge in [-0.1, -0.05) is 6.92 Å². The van der Waals surface area contributed by atoms with E-state index >= 15 is 0 Å². The van der Waals surface area contributed by atoms with Crippen LogP contribution < -0.4 is 0 Å². The molecule has 1 N–H and O–H groups in total. The summed E-state index contributed by atoms with van der Waals surface area (Å²) in [6.07, 6.45) is -2.14. The van der Waals surface area contributed by atoms with Gasteiger partial charge < -0.3 is 23.9 Å². The Morgan fingerprint density at radius 1 is 1.26 bits per heavy atom. The molecule has 0 radical (unpaired) electrons. The molecule has 2 heterocycles. The van der Waals surface area contributed by atoms with E-state index in [1.165, 1.54) is 0 Å². The normalized spacial score (nSPS) is 23.6. The number of aryl methyl sites for hydroxylation is 1. The minimum atomic E-state index is -5.08. The number of morpholine rings is 1. The number of likely N-dealkylation sites (N-methyl/N-ethyl adjacent to an activating group) is 1. The van der Waals surface area contributed by atoms with Crippen LogP contribution in [0.15, 0.2) is 16.5 Å². The predicted octanol–water partition coefficient (Wildman–Crippen LogP) is 2.31. The van der Waals surface area contributed by atoms with Gasteiger partial charge in [-0.2, -0.15) is 13.2 Å². The van der Waals surface area contributed by atoms with Crippen molar-refractivity contribution >= 4 is 11.9 Å². The van der Waals surface area contributed by atoms with Crippen molar-refractivity contribution in [2.75, 3.05) is 33.9 Å². The quantitative estimate of drug-likeness (QED) is 0.711. The molecule has 2 fully saturated rings. The first-order valence-electron chi connectivity index (χ1n) is 10.1. The standard InChI is InChI=1S/C18H28N2O4.C2HF3O2/c1-4-13-5-6-14(24-13)11-20-9-10-22-18-15(20)7-8-16(18)23-12-17(21)19(2)3;3-2(4,5)1(6)7/h5-6,15-16,18H,4,7-12H2,1-3H3;(H,6,7)/t15-,16+,18+;/m0./s1.